The molecule has 4 heteroatoms. The van der Waals surface area contributed by atoms with E-state index in [0.717, 1.165) is 24.2 Å². The Labute approximate surface area is 75.8 Å². The zero-order chi connectivity index (χ0) is 9.26. The molecule has 0 fully saturated rings. The van der Waals surface area contributed by atoms with Crippen molar-refractivity contribution in [1.29, 1.82) is 0 Å². The van der Waals surface area contributed by atoms with E-state index in [9.17, 15) is 0 Å². The minimum absolute atomic E-state index is 0.567. The summed E-state index contributed by atoms with van der Waals surface area (Å²) < 4.78 is 5.39. The minimum atomic E-state index is 0.567. The van der Waals surface area contributed by atoms with E-state index >= 15 is 0 Å². The van der Waals surface area contributed by atoms with Crippen molar-refractivity contribution in [1.82, 2.24) is 9.97 Å². The largest absolute Gasteiger partial charge is 0.422 e. The highest BCUT2D eigenvalue weighted by molar-refractivity contribution is 5.71. The van der Waals surface area contributed by atoms with Crippen LogP contribution in [-0.4, -0.2) is 9.97 Å². The van der Waals surface area contributed by atoms with Crippen molar-refractivity contribution < 1.29 is 4.42 Å². The van der Waals surface area contributed by atoms with Crippen molar-refractivity contribution in [3.8, 4) is 0 Å². The predicted octanol–water partition coefficient (Wildman–Crippen LogP) is 1.76. The number of anilines is 1. The lowest BCUT2D eigenvalue weighted by molar-refractivity contribution is 0.517. The number of aryl methyl sites for hydroxylation is 1. The van der Waals surface area contributed by atoms with Crippen molar-refractivity contribution in [2.24, 2.45) is 0 Å². The molecule has 2 rings (SSSR count). The van der Waals surface area contributed by atoms with Gasteiger partial charge in [-0.2, -0.15) is 0 Å². The summed E-state index contributed by atoms with van der Waals surface area (Å²) in [5.74, 6) is 0.732. The molecule has 13 heavy (non-hydrogen) atoms. The monoisotopic (exact) mass is 177 g/mol. The van der Waals surface area contributed by atoms with Gasteiger partial charge < -0.3 is 10.2 Å². The number of nitrogens with zero attached hydrogens (tertiary/aromatic N) is 2. The lowest BCUT2D eigenvalue weighted by atomic mass is 10.3. The van der Waals surface area contributed by atoms with Crippen molar-refractivity contribution in [2.45, 2.75) is 19.8 Å². The number of fused-ring (bicyclic) bond motifs is 1. The van der Waals surface area contributed by atoms with Gasteiger partial charge in [0.05, 0.1) is 11.9 Å². The lowest BCUT2D eigenvalue weighted by Crippen LogP contribution is -1.85. The average molecular weight is 177 g/mol. The number of hydrogen-bond donors (Lipinski definition) is 1. The zero-order valence-corrected chi connectivity index (χ0v) is 7.45. The third kappa shape index (κ3) is 1.47. The van der Waals surface area contributed by atoms with E-state index in [1.165, 1.54) is 0 Å². The molecule has 0 unspecified atom stereocenters. The lowest BCUT2D eigenvalue weighted by Gasteiger charge is -1.87. The van der Waals surface area contributed by atoms with Crippen LogP contribution in [-0.2, 0) is 6.42 Å². The van der Waals surface area contributed by atoms with E-state index in [2.05, 4.69) is 16.9 Å². The maximum absolute atomic E-state index is 5.56. The molecule has 0 aliphatic heterocycles. The van der Waals surface area contributed by atoms with Crippen molar-refractivity contribution in [3.05, 3.63) is 18.2 Å². The zero-order valence-electron chi connectivity index (χ0n) is 7.45. The van der Waals surface area contributed by atoms with E-state index in [-0.39, 0.29) is 0 Å². The Balaban J connectivity index is 2.49. The summed E-state index contributed by atoms with van der Waals surface area (Å²) in [6.45, 7) is 2.08. The summed E-state index contributed by atoms with van der Waals surface area (Å²) in [6, 6.07) is 1.77. The minimum Gasteiger partial charge on any atom is -0.422 e. The van der Waals surface area contributed by atoms with Gasteiger partial charge in [-0.1, -0.05) is 6.92 Å². The topological polar surface area (TPSA) is 64.9 Å². The van der Waals surface area contributed by atoms with Crippen LogP contribution in [0.1, 0.15) is 19.2 Å². The van der Waals surface area contributed by atoms with Crippen LogP contribution in [0.5, 0.6) is 0 Å². The predicted molar refractivity (Wildman–Crippen MR) is 50.2 cm³/mol. The van der Waals surface area contributed by atoms with E-state index in [0.29, 0.717) is 11.4 Å². The van der Waals surface area contributed by atoms with Gasteiger partial charge in [0.25, 0.3) is 0 Å². The third-order valence-corrected chi connectivity index (χ3v) is 1.78. The van der Waals surface area contributed by atoms with Gasteiger partial charge >= 0.3 is 0 Å². The highest BCUT2D eigenvalue weighted by atomic mass is 16.4. The van der Waals surface area contributed by atoms with Gasteiger partial charge in [0.15, 0.2) is 5.89 Å². The highest BCUT2D eigenvalue weighted by Crippen LogP contribution is 2.15. The Morgan fingerprint density at radius 3 is 3.15 bits per heavy atom. The van der Waals surface area contributed by atoms with Gasteiger partial charge in [-0.25, -0.2) is 9.97 Å². The summed E-state index contributed by atoms with van der Waals surface area (Å²) in [5.41, 5.74) is 7.48. The van der Waals surface area contributed by atoms with Gasteiger partial charge in [0.1, 0.15) is 5.52 Å². The van der Waals surface area contributed by atoms with Gasteiger partial charge in [-0.3, -0.25) is 0 Å². The summed E-state index contributed by atoms with van der Waals surface area (Å²) in [7, 11) is 0. The average Bonchev–Trinajstić information content (AvgIpc) is 2.46. The smallest absolute Gasteiger partial charge is 0.247 e. The molecule has 2 heterocycles. The second-order valence-corrected chi connectivity index (χ2v) is 2.95. The molecule has 0 saturated heterocycles. The Bertz CT molecular complexity index is 422. The second kappa shape index (κ2) is 3.05. The number of aromatic nitrogens is 2. The van der Waals surface area contributed by atoms with E-state index in [1.54, 1.807) is 12.3 Å². The first-order valence-electron chi connectivity index (χ1n) is 4.30. The van der Waals surface area contributed by atoms with Crippen molar-refractivity contribution in [2.75, 3.05) is 5.73 Å². The highest BCUT2D eigenvalue weighted by Gasteiger charge is 2.05. The van der Waals surface area contributed by atoms with Crippen LogP contribution in [0.15, 0.2) is 16.7 Å². The fourth-order valence-electron chi connectivity index (χ4n) is 1.20. The van der Waals surface area contributed by atoms with E-state index in [1.807, 2.05) is 0 Å². The fraction of sp³-hybridized carbons (Fsp3) is 0.333. The van der Waals surface area contributed by atoms with Crippen LogP contribution in [0.2, 0.25) is 0 Å². The molecule has 2 aromatic rings. The third-order valence-electron chi connectivity index (χ3n) is 1.78. The van der Waals surface area contributed by atoms with Crippen molar-refractivity contribution in [3.63, 3.8) is 0 Å². The molecule has 0 amide bonds. The first-order valence-corrected chi connectivity index (χ1v) is 4.30. The van der Waals surface area contributed by atoms with Gasteiger partial charge in [0, 0.05) is 6.42 Å². The van der Waals surface area contributed by atoms with Crippen LogP contribution in [0.4, 0.5) is 5.69 Å². The molecule has 2 N–H and O–H groups in total. The van der Waals surface area contributed by atoms with E-state index < -0.39 is 0 Å². The molecule has 68 valence electrons. The molecule has 2 aromatic heterocycles. The molecular formula is C9H11N3O. The summed E-state index contributed by atoms with van der Waals surface area (Å²) in [5, 5.41) is 0. The van der Waals surface area contributed by atoms with E-state index in [4.69, 9.17) is 10.2 Å². The Kier molecular flexibility index (Phi) is 1.88. The molecule has 0 atom stereocenters. The second-order valence-electron chi connectivity index (χ2n) is 2.95. The first kappa shape index (κ1) is 8.04. The summed E-state index contributed by atoms with van der Waals surface area (Å²) >= 11 is 0. The number of nitrogens with two attached hydrogens (primary N) is 1. The first-order chi connectivity index (χ1) is 6.29. The molecule has 0 bridgehead atoms. The molecule has 0 aliphatic carbocycles. The Hall–Kier alpha value is -1.58. The molecular weight excluding hydrogens is 166 g/mol. The Morgan fingerprint density at radius 2 is 2.38 bits per heavy atom. The van der Waals surface area contributed by atoms with Gasteiger partial charge in [0.2, 0.25) is 5.71 Å². The number of rotatable bonds is 2. The van der Waals surface area contributed by atoms with Crippen molar-refractivity contribution >= 4 is 16.9 Å². The quantitative estimate of drug-likeness (QED) is 0.759. The molecule has 0 spiro atoms. The molecule has 4 nitrogen and oxygen atoms in total. The fourth-order valence-corrected chi connectivity index (χ4v) is 1.20. The van der Waals surface area contributed by atoms with Crippen LogP contribution in [0, 0.1) is 0 Å². The maximum atomic E-state index is 5.56. The van der Waals surface area contributed by atoms with Gasteiger partial charge in [-0.05, 0) is 12.5 Å². The standard InChI is InChI=1S/C9H11N3O/c1-2-3-8-12-7-4-6(10)5-11-9(7)13-8/h4-5H,2-3,10H2,1H3. The number of oxazole rings is 1. The SMILES string of the molecule is CCCc1nc2cc(N)cnc2o1. The maximum Gasteiger partial charge on any atom is 0.247 e. The molecule has 0 aromatic carbocycles. The number of hydrogen-bond acceptors (Lipinski definition) is 4. The van der Waals surface area contributed by atoms with Crippen LogP contribution in [0.3, 0.4) is 0 Å². The summed E-state index contributed by atoms with van der Waals surface area (Å²) in [4.78, 5) is 8.28. The van der Waals surface area contributed by atoms with Crippen LogP contribution >= 0.6 is 0 Å². The normalized spacial score (nSPS) is 10.8. The summed E-state index contributed by atoms with van der Waals surface area (Å²) in [6.07, 6.45) is 3.43. The molecule has 0 aliphatic rings. The van der Waals surface area contributed by atoms with Crippen LogP contribution < -0.4 is 5.73 Å². The Morgan fingerprint density at radius 1 is 1.54 bits per heavy atom. The number of nitrogen functional groups attached to an aromatic ring is 1. The van der Waals surface area contributed by atoms with Gasteiger partial charge in [-0.15, -0.1) is 0 Å². The molecule has 0 radical (unpaired) electrons. The number of pyridine rings is 1. The van der Waals surface area contributed by atoms with Crippen LogP contribution in [0.25, 0.3) is 11.2 Å². The molecule has 0 saturated carbocycles.